The van der Waals surface area contributed by atoms with Crippen LogP contribution in [0.1, 0.15) is 56.8 Å². The highest BCUT2D eigenvalue weighted by Gasteiger charge is 2.50. The number of halogens is 3. The molecule has 16 heteroatoms. The van der Waals surface area contributed by atoms with Gasteiger partial charge in [-0.25, -0.2) is 18.6 Å². The molecule has 4 fully saturated rings. The third-order valence-electron chi connectivity index (χ3n) is 11.8. The van der Waals surface area contributed by atoms with Crippen molar-refractivity contribution in [1.29, 1.82) is 5.26 Å². The molecule has 278 valence electrons. The first-order valence-corrected chi connectivity index (χ1v) is 19.4. The highest BCUT2D eigenvalue weighted by atomic mass is 35.5. The number of nitrogens with two attached hydrogens (primary N) is 1. The standard InChI is InChI=1S/C38H37ClF2N10O2S/c1-3-27-44-20-51(47-27)36(52)50-12-5-8-37(50)10-13-48(18-37)34-23-14-25(39)29(22-6-7-26(40)32-28(22)24(16-42)33(43)54-32)30(41)31(23)45-35(46-34)53-19-38-9-4-11-49(38)17-21(2)15-38/h6-7,14,20H,2-5,8-13,15,17-19,43H2,1H3/t37-,38-/m0/s1. The van der Waals surface area contributed by atoms with Gasteiger partial charge in [0, 0.05) is 48.9 Å². The van der Waals surface area contributed by atoms with Gasteiger partial charge in [-0.05, 0) is 62.8 Å². The average Bonchev–Trinajstić information content (AvgIpc) is 4.01. The summed E-state index contributed by atoms with van der Waals surface area (Å²) in [5, 5.41) is 15.1. The van der Waals surface area contributed by atoms with Crippen molar-refractivity contribution >= 4 is 60.8 Å². The lowest BCUT2D eigenvalue weighted by Gasteiger charge is -2.35. The second-order valence-electron chi connectivity index (χ2n) is 14.9. The summed E-state index contributed by atoms with van der Waals surface area (Å²) in [5.74, 6) is -0.299. The minimum absolute atomic E-state index is 0.0140. The fourth-order valence-corrected chi connectivity index (χ4v) is 10.5. The van der Waals surface area contributed by atoms with Crippen molar-refractivity contribution in [2.75, 3.05) is 50.0 Å². The van der Waals surface area contributed by atoms with Crippen molar-refractivity contribution in [1.82, 2.24) is 34.5 Å². The molecule has 0 aliphatic carbocycles. The Morgan fingerprint density at radius 2 is 2.02 bits per heavy atom. The molecule has 3 aromatic heterocycles. The zero-order valence-corrected chi connectivity index (χ0v) is 31.2. The Labute approximate surface area is 318 Å². The third kappa shape index (κ3) is 5.32. The lowest BCUT2D eigenvalue weighted by molar-refractivity contribution is 0.108. The molecule has 4 saturated heterocycles. The highest BCUT2D eigenvalue weighted by molar-refractivity contribution is 7.23. The molecule has 0 radical (unpaired) electrons. The smallest absolute Gasteiger partial charge is 0.346 e. The molecule has 0 unspecified atom stereocenters. The fraction of sp³-hybridized carbons (Fsp3) is 0.421. The molecule has 1 amide bonds. The molecule has 54 heavy (non-hydrogen) atoms. The van der Waals surface area contributed by atoms with E-state index < -0.39 is 17.2 Å². The summed E-state index contributed by atoms with van der Waals surface area (Å²) in [7, 11) is 0. The second kappa shape index (κ2) is 12.9. The molecule has 4 aliphatic rings. The number of nitrogens with zero attached hydrogens (tertiary/aromatic N) is 9. The number of benzene rings is 2. The van der Waals surface area contributed by atoms with Crippen LogP contribution < -0.4 is 15.4 Å². The molecule has 0 bridgehead atoms. The molecule has 7 heterocycles. The number of carbonyl (C=O) groups excluding carboxylic acids is 1. The van der Waals surface area contributed by atoms with E-state index in [4.69, 9.17) is 27.1 Å². The van der Waals surface area contributed by atoms with E-state index in [0.717, 1.165) is 62.1 Å². The molecule has 5 aromatic rings. The van der Waals surface area contributed by atoms with Crippen molar-refractivity contribution in [3.8, 4) is 23.2 Å². The third-order valence-corrected chi connectivity index (χ3v) is 13.1. The number of nitrogen functional groups attached to an aromatic ring is 1. The van der Waals surface area contributed by atoms with Crippen LogP contribution in [0.3, 0.4) is 0 Å². The van der Waals surface area contributed by atoms with Gasteiger partial charge in [-0.2, -0.15) is 19.9 Å². The minimum Gasteiger partial charge on any atom is -0.461 e. The van der Waals surface area contributed by atoms with Crippen LogP contribution in [-0.4, -0.2) is 91.0 Å². The van der Waals surface area contributed by atoms with Crippen LogP contribution in [0.25, 0.3) is 32.1 Å². The number of likely N-dealkylation sites (tertiary alicyclic amines) is 1. The summed E-state index contributed by atoms with van der Waals surface area (Å²) in [6.45, 7) is 9.79. The first kappa shape index (κ1) is 34.8. The first-order valence-electron chi connectivity index (χ1n) is 18.2. The Bertz CT molecular complexity index is 2450. The van der Waals surface area contributed by atoms with E-state index in [-0.39, 0.29) is 59.9 Å². The van der Waals surface area contributed by atoms with Crippen LogP contribution in [-0.2, 0) is 6.42 Å². The maximum absolute atomic E-state index is 17.3. The van der Waals surface area contributed by atoms with Crippen molar-refractivity contribution in [2.24, 2.45) is 0 Å². The summed E-state index contributed by atoms with van der Waals surface area (Å²) in [4.78, 5) is 34.0. The van der Waals surface area contributed by atoms with Crippen molar-refractivity contribution in [3.63, 3.8) is 0 Å². The topological polar surface area (TPSA) is 142 Å². The Morgan fingerprint density at radius 3 is 2.81 bits per heavy atom. The Hall–Kier alpha value is -4.91. The monoisotopic (exact) mass is 770 g/mol. The molecule has 2 N–H and O–H groups in total. The number of ether oxygens (including phenoxy) is 1. The van der Waals surface area contributed by atoms with Gasteiger partial charge >= 0.3 is 12.0 Å². The van der Waals surface area contributed by atoms with Gasteiger partial charge in [0.15, 0.2) is 11.6 Å². The summed E-state index contributed by atoms with van der Waals surface area (Å²) >= 11 is 7.89. The number of hydrogen-bond acceptors (Lipinski definition) is 11. The minimum atomic E-state index is -0.757. The number of thiophene rings is 1. The zero-order chi connectivity index (χ0) is 37.5. The lowest BCUT2D eigenvalue weighted by atomic mass is 9.94. The molecule has 2 atom stereocenters. The zero-order valence-electron chi connectivity index (χ0n) is 29.7. The lowest BCUT2D eigenvalue weighted by Crippen LogP contribution is -2.50. The number of fused-ring (bicyclic) bond motifs is 3. The van der Waals surface area contributed by atoms with E-state index >= 15 is 8.78 Å². The van der Waals surface area contributed by atoms with Crippen molar-refractivity contribution < 1.29 is 18.3 Å². The molecular formula is C38H37ClF2N10O2S. The number of amides is 1. The van der Waals surface area contributed by atoms with E-state index in [9.17, 15) is 10.1 Å². The van der Waals surface area contributed by atoms with Gasteiger partial charge in [0.1, 0.15) is 41.2 Å². The number of rotatable bonds is 6. The number of aromatic nitrogens is 5. The van der Waals surface area contributed by atoms with E-state index in [1.165, 1.54) is 23.1 Å². The normalized spacial score (nSPS) is 22.7. The molecule has 1 spiro atoms. The average molecular weight is 771 g/mol. The van der Waals surface area contributed by atoms with Gasteiger partial charge in [-0.15, -0.1) is 16.4 Å². The van der Waals surface area contributed by atoms with Gasteiger partial charge < -0.3 is 20.3 Å². The molecule has 2 aromatic carbocycles. The second-order valence-corrected chi connectivity index (χ2v) is 16.3. The van der Waals surface area contributed by atoms with Crippen LogP contribution in [0.2, 0.25) is 5.02 Å². The molecule has 0 saturated carbocycles. The van der Waals surface area contributed by atoms with Gasteiger partial charge in [0.05, 0.1) is 26.4 Å². The predicted molar refractivity (Wildman–Crippen MR) is 203 cm³/mol. The quantitative estimate of drug-likeness (QED) is 0.181. The summed E-state index contributed by atoms with van der Waals surface area (Å²) in [6.07, 6.45) is 7.14. The van der Waals surface area contributed by atoms with Crippen LogP contribution in [0.5, 0.6) is 6.01 Å². The van der Waals surface area contributed by atoms with Crippen LogP contribution in [0, 0.1) is 23.0 Å². The Balaban J connectivity index is 1.15. The van der Waals surface area contributed by atoms with Crippen molar-refractivity contribution in [3.05, 3.63) is 64.7 Å². The van der Waals surface area contributed by atoms with E-state index in [1.807, 2.05) is 11.8 Å². The van der Waals surface area contributed by atoms with Crippen molar-refractivity contribution in [2.45, 2.75) is 62.9 Å². The summed E-state index contributed by atoms with van der Waals surface area (Å²) < 4.78 is 40.2. The van der Waals surface area contributed by atoms with Crippen LogP contribution in [0.4, 0.5) is 24.4 Å². The molecule has 4 aliphatic heterocycles. The van der Waals surface area contributed by atoms with E-state index in [2.05, 4.69) is 37.5 Å². The predicted octanol–water partition coefficient (Wildman–Crippen LogP) is 6.94. The maximum Gasteiger partial charge on any atom is 0.346 e. The van der Waals surface area contributed by atoms with E-state index in [0.29, 0.717) is 56.1 Å². The summed E-state index contributed by atoms with van der Waals surface area (Å²) in [6, 6.07) is 6.09. The number of anilines is 2. The molecule has 12 nitrogen and oxygen atoms in total. The van der Waals surface area contributed by atoms with Crippen LogP contribution >= 0.6 is 22.9 Å². The summed E-state index contributed by atoms with van der Waals surface area (Å²) in [5.41, 5.74) is 6.76. The Kier molecular flexibility index (Phi) is 8.29. The van der Waals surface area contributed by atoms with Gasteiger partial charge in [-0.1, -0.05) is 36.7 Å². The van der Waals surface area contributed by atoms with Crippen LogP contribution in [0.15, 0.2) is 36.7 Å². The number of carbonyl (C=O) groups is 1. The number of hydrogen-bond donors (Lipinski definition) is 1. The Morgan fingerprint density at radius 1 is 1.19 bits per heavy atom. The highest BCUT2D eigenvalue weighted by Crippen LogP contribution is 2.47. The molecule has 9 rings (SSSR count). The maximum atomic E-state index is 17.3. The van der Waals surface area contributed by atoms with E-state index in [1.54, 1.807) is 6.07 Å². The van der Waals surface area contributed by atoms with Gasteiger partial charge in [-0.3, -0.25) is 4.90 Å². The molecular weight excluding hydrogens is 734 g/mol. The largest absolute Gasteiger partial charge is 0.461 e. The first-order chi connectivity index (χ1) is 26.0. The number of aryl methyl sites for hydroxylation is 1. The van der Waals surface area contributed by atoms with Gasteiger partial charge in [0.25, 0.3) is 0 Å². The fourth-order valence-electron chi connectivity index (χ4n) is 9.24. The SMILES string of the molecule is C=C1CN2CCC[C@@]2(COc2nc(N3CC[C@@]4(CCCN4C(=O)n4cnc(CC)n4)C3)c3cc(Cl)c(-c4ccc(F)c5sc(N)c(C#N)c45)c(F)c3n2)C1. The number of nitriles is 1. The van der Waals surface area contributed by atoms with Gasteiger partial charge in [0.2, 0.25) is 0 Å².